The van der Waals surface area contributed by atoms with Crippen LogP contribution in [0, 0.1) is 13.8 Å². The largest absolute Gasteiger partial charge is 0.503 e. The fourth-order valence-corrected chi connectivity index (χ4v) is 4.85. The number of aliphatic hydroxyl groups is 1. The summed E-state index contributed by atoms with van der Waals surface area (Å²) in [7, 11) is 1.55. The second kappa shape index (κ2) is 8.74. The third kappa shape index (κ3) is 3.82. The van der Waals surface area contributed by atoms with Crippen molar-refractivity contribution in [1.82, 2.24) is 0 Å². The summed E-state index contributed by atoms with van der Waals surface area (Å²) in [6.07, 6.45) is 0. The third-order valence-electron chi connectivity index (χ3n) is 6.40. The molecule has 0 saturated heterocycles. The highest BCUT2D eigenvalue weighted by Crippen LogP contribution is 2.44. The fraction of sp³-hybridized carbons (Fsp3) is 0.143. The maximum absolute atomic E-state index is 13.8. The molecule has 1 aliphatic heterocycles. The highest BCUT2D eigenvalue weighted by atomic mass is 79.9. The number of furan rings is 1. The summed E-state index contributed by atoms with van der Waals surface area (Å²) in [5, 5.41) is 11.8. The van der Waals surface area contributed by atoms with Gasteiger partial charge in [0.1, 0.15) is 11.3 Å². The van der Waals surface area contributed by atoms with Crippen LogP contribution < -0.4 is 9.64 Å². The van der Waals surface area contributed by atoms with Crippen LogP contribution in [0.3, 0.4) is 0 Å². The van der Waals surface area contributed by atoms with E-state index in [4.69, 9.17) is 9.15 Å². The predicted molar refractivity (Wildman–Crippen MR) is 137 cm³/mol. The van der Waals surface area contributed by atoms with Crippen molar-refractivity contribution in [3.63, 3.8) is 0 Å². The highest BCUT2D eigenvalue weighted by molar-refractivity contribution is 9.10. The van der Waals surface area contributed by atoms with Crippen molar-refractivity contribution in [3.8, 4) is 5.75 Å². The summed E-state index contributed by atoms with van der Waals surface area (Å²) in [6, 6.07) is 18.9. The standard InChI is InChI=1S/C28H22BrNO5/c1-15-6-4-9-21(16(15)2)30-25(17-7-5-8-20(13-17)34-3)24(27(32)28(30)33)26(31)23-14-18-12-19(29)10-11-22(18)35-23/h4-14,25,32H,1-3H3. The van der Waals surface area contributed by atoms with Crippen LogP contribution in [0.4, 0.5) is 5.69 Å². The monoisotopic (exact) mass is 531 g/mol. The minimum Gasteiger partial charge on any atom is -0.503 e. The molecule has 7 heteroatoms. The minimum absolute atomic E-state index is 0.0396. The van der Waals surface area contributed by atoms with E-state index < -0.39 is 23.5 Å². The van der Waals surface area contributed by atoms with E-state index in [0.29, 0.717) is 22.6 Å². The van der Waals surface area contributed by atoms with Gasteiger partial charge in [-0.1, -0.05) is 40.2 Å². The van der Waals surface area contributed by atoms with Crippen LogP contribution in [0.5, 0.6) is 5.75 Å². The molecule has 0 spiro atoms. The van der Waals surface area contributed by atoms with Crippen LogP contribution in [-0.2, 0) is 4.79 Å². The highest BCUT2D eigenvalue weighted by Gasteiger charge is 2.46. The van der Waals surface area contributed by atoms with E-state index in [1.54, 1.807) is 43.5 Å². The van der Waals surface area contributed by atoms with Crippen LogP contribution >= 0.6 is 15.9 Å². The second-order valence-electron chi connectivity index (χ2n) is 8.46. The molecule has 4 aromatic rings. The zero-order chi connectivity index (χ0) is 24.9. The Kier molecular flexibility index (Phi) is 5.73. The Morgan fingerprint density at radius 2 is 1.83 bits per heavy atom. The number of ether oxygens (including phenoxy) is 1. The zero-order valence-electron chi connectivity index (χ0n) is 19.3. The molecular formula is C28H22BrNO5. The minimum atomic E-state index is -0.870. The number of benzene rings is 3. The van der Waals surface area contributed by atoms with Crippen LogP contribution in [0.2, 0.25) is 0 Å². The Bertz CT molecular complexity index is 1530. The molecule has 1 N–H and O–H groups in total. The average Bonchev–Trinajstić information content (AvgIpc) is 3.39. The first-order chi connectivity index (χ1) is 16.8. The van der Waals surface area contributed by atoms with Crippen molar-refractivity contribution in [2.45, 2.75) is 19.9 Å². The first-order valence-electron chi connectivity index (χ1n) is 11.0. The van der Waals surface area contributed by atoms with Crippen molar-refractivity contribution in [1.29, 1.82) is 0 Å². The molecule has 1 amide bonds. The molecular weight excluding hydrogens is 510 g/mol. The van der Waals surface area contributed by atoms with Gasteiger partial charge in [0, 0.05) is 15.5 Å². The van der Waals surface area contributed by atoms with E-state index in [9.17, 15) is 14.7 Å². The molecule has 176 valence electrons. The average molecular weight is 532 g/mol. The van der Waals surface area contributed by atoms with Crippen LogP contribution in [0.15, 0.2) is 87.0 Å². The van der Waals surface area contributed by atoms with Gasteiger partial charge in [-0.15, -0.1) is 0 Å². The number of fused-ring (bicyclic) bond motifs is 1. The Labute approximate surface area is 210 Å². The SMILES string of the molecule is COc1cccc(C2C(C(=O)c3cc4cc(Br)ccc4o3)=C(O)C(=O)N2c2cccc(C)c2C)c1. The molecule has 1 aliphatic rings. The molecule has 3 aromatic carbocycles. The van der Waals surface area contributed by atoms with E-state index in [1.165, 1.54) is 4.90 Å². The lowest BCUT2D eigenvalue weighted by molar-refractivity contribution is -0.117. The molecule has 2 heterocycles. The number of carbonyl (C=O) groups is 2. The van der Waals surface area contributed by atoms with Gasteiger partial charge in [0.25, 0.3) is 5.91 Å². The van der Waals surface area contributed by atoms with Crippen molar-refractivity contribution >= 4 is 44.3 Å². The summed E-state index contributed by atoms with van der Waals surface area (Å²) in [5.74, 6) is -1.17. The summed E-state index contributed by atoms with van der Waals surface area (Å²) < 4.78 is 12.1. The molecule has 35 heavy (non-hydrogen) atoms. The Hall–Kier alpha value is -3.84. The molecule has 5 rings (SSSR count). The number of carbonyl (C=O) groups excluding carboxylic acids is 2. The number of anilines is 1. The predicted octanol–water partition coefficient (Wildman–Crippen LogP) is 6.60. The van der Waals surface area contributed by atoms with Crippen molar-refractivity contribution in [2.24, 2.45) is 0 Å². The van der Waals surface area contributed by atoms with Gasteiger partial charge in [-0.2, -0.15) is 0 Å². The van der Waals surface area contributed by atoms with Crippen LogP contribution in [0.25, 0.3) is 11.0 Å². The van der Waals surface area contributed by atoms with Crippen LogP contribution in [-0.4, -0.2) is 23.9 Å². The Morgan fingerprint density at radius 1 is 1.06 bits per heavy atom. The number of aliphatic hydroxyl groups excluding tert-OH is 1. The molecule has 6 nitrogen and oxygen atoms in total. The number of methoxy groups -OCH3 is 1. The topological polar surface area (TPSA) is 80.0 Å². The van der Waals surface area contributed by atoms with Gasteiger partial charge in [-0.05, 0) is 73.0 Å². The van der Waals surface area contributed by atoms with E-state index in [0.717, 1.165) is 21.0 Å². The lowest BCUT2D eigenvalue weighted by atomic mass is 9.94. The summed E-state index contributed by atoms with van der Waals surface area (Å²) in [5.41, 5.74) is 3.61. The molecule has 1 unspecified atom stereocenters. The van der Waals surface area contributed by atoms with Gasteiger partial charge in [-0.3, -0.25) is 14.5 Å². The maximum Gasteiger partial charge on any atom is 0.294 e. The first-order valence-corrected chi connectivity index (χ1v) is 11.8. The number of hydrogen-bond acceptors (Lipinski definition) is 5. The van der Waals surface area contributed by atoms with Gasteiger partial charge in [0.05, 0.1) is 18.7 Å². The number of amides is 1. The second-order valence-corrected chi connectivity index (χ2v) is 9.37. The molecule has 0 bridgehead atoms. The van der Waals surface area contributed by atoms with E-state index in [1.807, 2.05) is 44.2 Å². The van der Waals surface area contributed by atoms with Gasteiger partial charge >= 0.3 is 0 Å². The number of halogens is 1. The normalized spacial score (nSPS) is 15.8. The van der Waals surface area contributed by atoms with Crippen LogP contribution in [0.1, 0.15) is 33.3 Å². The third-order valence-corrected chi connectivity index (χ3v) is 6.89. The number of aryl methyl sites for hydroxylation is 1. The van der Waals surface area contributed by atoms with E-state index >= 15 is 0 Å². The van der Waals surface area contributed by atoms with Gasteiger partial charge < -0.3 is 14.3 Å². The molecule has 0 aliphatic carbocycles. The first kappa shape index (κ1) is 22.9. The Balaban J connectivity index is 1.70. The number of Topliss-reactive ketones (excluding diaryl/α,β-unsaturated/α-hetero) is 1. The number of ketones is 1. The summed E-state index contributed by atoms with van der Waals surface area (Å²) >= 11 is 3.42. The smallest absolute Gasteiger partial charge is 0.294 e. The number of rotatable bonds is 5. The fourth-order valence-electron chi connectivity index (χ4n) is 4.47. The van der Waals surface area contributed by atoms with E-state index in [-0.39, 0.29) is 11.3 Å². The van der Waals surface area contributed by atoms with Gasteiger partial charge in [0.2, 0.25) is 5.78 Å². The molecule has 0 saturated carbocycles. The van der Waals surface area contributed by atoms with Crippen molar-refractivity contribution in [2.75, 3.05) is 12.0 Å². The van der Waals surface area contributed by atoms with Crippen molar-refractivity contribution in [3.05, 3.63) is 105 Å². The van der Waals surface area contributed by atoms with E-state index in [2.05, 4.69) is 15.9 Å². The number of nitrogens with zero attached hydrogens (tertiary/aromatic N) is 1. The maximum atomic E-state index is 13.8. The summed E-state index contributed by atoms with van der Waals surface area (Å²) in [4.78, 5) is 28.7. The quantitative estimate of drug-likeness (QED) is 0.293. The molecule has 0 fully saturated rings. The van der Waals surface area contributed by atoms with Gasteiger partial charge in [0.15, 0.2) is 11.5 Å². The Morgan fingerprint density at radius 3 is 2.60 bits per heavy atom. The van der Waals surface area contributed by atoms with Gasteiger partial charge in [-0.25, -0.2) is 0 Å². The molecule has 0 radical (unpaired) electrons. The molecule has 1 aromatic heterocycles. The lowest BCUT2D eigenvalue weighted by Crippen LogP contribution is -2.31. The molecule has 1 atom stereocenters. The summed E-state index contributed by atoms with van der Waals surface area (Å²) in [6.45, 7) is 3.86. The number of hydrogen-bond donors (Lipinski definition) is 1. The zero-order valence-corrected chi connectivity index (χ0v) is 20.9. The van der Waals surface area contributed by atoms with Crippen molar-refractivity contribution < 1.29 is 23.8 Å². The lowest BCUT2D eigenvalue weighted by Gasteiger charge is -2.28.